The van der Waals surface area contributed by atoms with E-state index in [-0.39, 0.29) is 17.8 Å². The van der Waals surface area contributed by atoms with Gasteiger partial charge < -0.3 is 5.32 Å². The van der Waals surface area contributed by atoms with E-state index < -0.39 is 29.2 Å². The first-order chi connectivity index (χ1) is 12.5. The molecule has 1 aromatic heterocycles. The average Bonchev–Trinajstić information content (AvgIpc) is 3.19. The quantitative estimate of drug-likeness (QED) is 0.703. The average molecular weight is 359 g/mol. The number of carbonyl (C=O) groups excluding carboxylic acids is 1. The van der Waals surface area contributed by atoms with Gasteiger partial charge in [-0.15, -0.1) is 22.5 Å². The number of nitrogens with one attached hydrogen (secondary N) is 2. The van der Waals surface area contributed by atoms with E-state index in [2.05, 4.69) is 42.1 Å². The third kappa shape index (κ3) is 4.05. The minimum absolute atomic E-state index is 0.0192. The van der Waals surface area contributed by atoms with Gasteiger partial charge in [-0.05, 0) is 18.2 Å². The molecule has 10 heteroatoms. The lowest BCUT2D eigenvalue weighted by Gasteiger charge is -2.17. The molecule has 1 amide bonds. The van der Waals surface area contributed by atoms with E-state index in [0.717, 1.165) is 18.2 Å². The number of hydrogen-bond donors (Lipinski definition) is 2. The molecule has 1 aliphatic heterocycles. The highest BCUT2D eigenvalue weighted by Gasteiger charge is 2.39. The largest absolute Gasteiger partial charge is 0.342 e. The van der Waals surface area contributed by atoms with E-state index in [0.29, 0.717) is 19.3 Å². The molecule has 1 unspecified atom stereocenters. The number of amides is 1. The van der Waals surface area contributed by atoms with Crippen molar-refractivity contribution in [1.29, 1.82) is 0 Å². The van der Waals surface area contributed by atoms with Gasteiger partial charge in [0, 0.05) is 31.2 Å². The minimum atomic E-state index is -1.08. The maximum Gasteiger partial charge on any atom is 0.221 e. The number of nitrogens with zero attached hydrogens (tertiary/aromatic N) is 5. The molecule has 8 nitrogen and oxygen atoms in total. The van der Waals surface area contributed by atoms with Gasteiger partial charge in [0.1, 0.15) is 17.7 Å². The predicted molar refractivity (Wildman–Crippen MR) is 85.4 cm³/mol. The summed E-state index contributed by atoms with van der Waals surface area (Å²) in [4.78, 5) is 12.3. The van der Waals surface area contributed by atoms with E-state index in [1.54, 1.807) is 0 Å². The smallest absolute Gasteiger partial charge is 0.221 e. The molecule has 0 radical (unpaired) electrons. The van der Waals surface area contributed by atoms with Crippen molar-refractivity contribution in [2.45, 2.75) is 37.4 Å². The summed E-state index contributed by atoms with van der Waals surface area (Å²) < 4.78 is 27.7. The van der Waals surface area contributed by atoms with Gasteiger partial charge in [-0.1, -0.05) is 5.21 Å². The highest BCUT2D eigenvalue weighted by atomic mass is 19.1. The van der Waals surface area contributed by atoms with Crippen molar-refractivity contribution in [2.75, 3.05) is 0 Å². The lowest BCUT2D eigenvalue weighted by atomic mass is 10.0. The SMILES string of the molecule is C#CCCC1(CCC(=O)NC(c2nn[nH]n2)c2cc(F)ccc2F)N=N1. The summed E-state index contributed by atoms with van der Waals surface area (Å²) in [6, 6.07) is 1.86. The topological polar surface area (TPSA) is 108 Å². The Bertz CT molecular complexity index is 854. The number of rotatable bonds is 8. The fourth-order valence-electron chi connectivity index (χ4n) is 2.52. The van der Waals surface area contributed by atoms with Crippen LogP contribution >= 0.6 is 0 Å². The van der Waals surface area contributed by atoms with Gasteiger partial charge in [-0.3, -0.25) is 4.79 Å². The van der Waals surface area contributed by atoms with Crippen LogP contribution in [0, 0.1) is 24.0 Å². The Kier molecular flexibility index (Phi) is 4.97. The molecular formula is C16H15F2N7O. The molecule has 2 N–H and O–H groups in total. The number of H-pyrrole nitrogens is 1. The van der Waals surface area contributed by atoms with Gasteiger partial charge in [-0.25, -0.2) is 8.78 Å². The number of terminal acetylenes is 1. The van der Waals surface area contributed by atoms with Crippen LogP contribution in [0.1, 0.15) is 43.1 Å². The van der Waals surface area contributed by atoms with Crippen LogP contribution in [0.5, 0.6) is 0 Å². The molecule has 0 fully saturated rings. The zero-order valence-electron chi connectivity index (χ0n) is 13.6. The van der Waals surface area contributed by atoms with Crippen molar-refractivity contribution >= 4 is 5.91 Å². The van der Waals surface area contributed by atoms with Crippen molar-refractivity contribution in [2.24, 2.45) is 10.2 Å². The van der Waals surface area contributed by atoms with Crippen LogP contribution in [0.4, 0.5) is 8.78 Å². The summed E-state index contributed by atoms with van der Waals surface area (Å²) >= 11 is 0. The maximum atomic E-state index is 14.1. The van der Waals surface area contributed by atoms with Gasteiger partial charge in [0.05, 0.1) is 0 Å². The predicted octanol–water partition coefficient (Wildman–Crippen LogP) is 2.04. The van der Waals surface area contributed by atoms with Crippen LogP contribution in [0.3, 0.4) is 0 Å². The molecule has 2 heterocycles. The van der Waals surface area contributed by atoms with E-state index in [1.165, 1.54) is 0 Å². The molecule has 1 aromatic carbocycles. The van der Waals surface area contributed by atoms with Crippen LogP contribution in [0.15, 0.2) is 28.4 Å². The second-order valence-electron chi connectivity index (χ2n) is 5.82. The second-order valence-corrected chi connectivity index (χ2v) is 5.82. The number of carbonyl (C=O) groups is 1. The molecule has 0 saturated heterocycles. The van der Waals surface area contributed by atoms with Crippen molar-refractivity contribution in [3.8, 4) is 12.3 Å². The molecule has 0 aliphatic carbocycles. The van der Waals surface area contributed by atoms with Crippen LogP contribution < -0.4 is 5.32 Å². The number of aromatic nitrogens is 4. The summed E-state index contributed by atoms with van der Waals surface area (Å²) in [5.74, 6) is 0.787. The molecule has 0 bridgehead atoms. The number of hydrogen-bond acceptors (Lipinski definition) is 6. The fourth-order valence-corrected chi connectivity index (χ4v) is 2.52. The fraction of sp³-hybridized carbons (Fsp3) is 0.375. The van der Waals surface area contributed by atoms with Crippen LogP contribution in [0.25, 0.3) is 0 Å². The van der Waals surface area contributed by atoms with Crippen LogP contribution in [-0.4, -0.2) is 32.2 Å². The number of aromatic amines is 1. The van der Waals surface area contributed by atoms with Crippen LogP contribution in [-0.2, 0) is 4.79 Å². The normalized spacial score (nSPS) is 15.3. The number of tetrazole rings is 1. The molecule has 26 heavy (non-hydrogen) atoms. The number of benzene rings is 1. The van der Waals surface area contributed by atoms with Crippen molar-refractivity contribution in [3.05, 3.63) is 41.2 Å². The Hall–Kier alpha value is -3.22. The molecular weight excluding hydrogens is 344 g/mol. The molecule has 1 atom stereocenters. The molecule has 3 rings (SSSR count). The maximum absolute atomic E-state index is 14.1. The van der Waals surface area contributed by atoms with Gasteiger partial charge in [0.15, 0.2) is 5.66 Å². The van der Waals surface area contributed by atoms with Crippen LogP contribution in [0.2, 0.25) is 0 Å². The zero-order valence-corrected chi connectivity index (χ0v) is 13.6. The van der Waals surface area contributed by atoms with Crippen molar-refractivity contribution in [3.63, 3.8) is 0 Å². The molecule has 134 valence electrons. The van der Waals surface area contributed by atoms with E-state index in [9.17, 15) is 13.6 Å². The van der Waals surface area contributed by atoms with Gasteiger partial charge in [0.2, 0.25) is 11.7 Å². The van der Waals surface area contributed by atoms with E-state index >= 15 is 0 Å². The minimum Gasteiger partial charge on any atom is -0.342 e. The summed E-state index contributed by atoms with van der Waals surface area (Å²) in [6.45, 7) is 0. The van der Waals surface area contributed by atoms with Crippen molar-refractivity contribution in [1.82, 2.24) is 25.9 Å². The first-order valence-electron chi connectivity index (χ1n) is 7.88. The second kappa shape index (κ2) is 7.35. The summed E-state index contributed by atoms with van der Waals surface area (Å²) in [7, 11) is 0. The number of halogens is 2. The Morgan fingerprint density at radius 3 is 2.81 bits per heavy atom. The highest BCUT2D eigenvalue weighted by molar-refractivity contribution is 5.77. The Morgan fingerprint density at radius 1 is 1.35 bits per heavy atom. The highest BCUT2D eigenvalue weighted by Crippen LogP contribution is 2.37. The molecule has 0 saturated carbocycles. The van der Waals surface area contributed by atoms with E-state index in [4.69, 9.17) is 6.42 Å². The van der Waals surface area contributed by atoms with Gasteiger partial charge >= 0.3 is 0 Å². The standard InChI is InChI=1S/C16H15F2N7O/c1-2-3-7-16(22-23-16)8-6-13(26)19-14(15-20-24-25-21-15)11-9-10(17)4-5-12(11)18/h1,4-5,9,14H,3,6-8H2,(H,19,26)(H,20,21,24,25). The Morgan fingerprint density at radius 2 is 2.15 bits per heavy atom. The van der Waals surface area contributed by atoms with E-state index in [1.807, 2.05) is 0 Å². The molecule has 2 aromatic rings. The molecule has 1 aliphatic rings. The van der Waals surface area contributed by atoms with Gasteiger partial charge in [-0.2, -0.15) is 15.4 Å². The Labute approximate surface area is 147 Å². The molecule has 0 spiro atoms. The van der Waals surface area contributed by atoms with Crippen molar-refractivity contribution < 1.29 is 13.6 Å². The van der Waals surface area contributed by atoms with Gasteiger partial charge in [0.25, 0.3) is 0 Å². The Balaban J connectivity index is 1.70. The lowest BCUT2D eigenvalue weighted by Crippen LogP contribution is -2.31. The summed E-state index contributed by atoms with van der Waals surface area (Å²) in [5, 5.41) is 23.7. The monoisotopic (exact) mass is 359 g/mol. The summed E-state index contributed by atoms with van der Waals surface area (Å²) in [5.41, 5.74) is -0.697. The third-order valence-electron chi connectivity index (χ3n) is 4.00. The lowest BCUT2D eigenvalue weighted by molar-refractivity contribution is -0.121. The first kappa shape index (κ1) is 17.6. The first-order valence-corrected chi connectivity index (χ1v) is 7.88. The summed E-state index contributed by atoms with van der Waals surface area (Å²) in [6.07, 6.45) is 6.78. The zero-order chi connectivity index (χ0) is 18.6. The third-order valence-corrected chi connectivity index (χ3v) is 4.00.